The van der Waals surface area contributed by atoms with Crippen molar-refractivity contribution < 1.29 is 13.2 Å². The molecule has 0 atom stereocenters. The number of nitrogens with zero attached hydrogens (tertiary/aromatic N) is 4. The van der Waals surface area contributed by atoms with Crippen LogP contribution < -0.4 is 10.6 Å². The molecule has 0 amide bonds. The zero-order valence-electron chi connectivity index (χ0n) is 13.4. The number of benzene rings is 1. The SMILES string of the molecule is CN(C)CCCNc1nncc(Nc2ccc(C(F)(F)F)cc2)n1. The van der Waals surface area contributed by atoms with Gasteiger partial charge in [-0.15, -0.1) is 5.10 Å². The van der Waals surface area contributed by atoms with Gasteiger partial charge in [0.15, 0.2) is 5.82 Å². The fourth-order valence-electron chi connectivity index (χ4n) is 1.92. The van der Waals surface area contributed by atoms with Crippen LogP contribution in [0.4, 0.5) is 30.6 Å². The minimum atomic E-state index is -4.35. The molecule has 0 fully saturated rings. The molecule has 2 N–H and O–H groups in total. The van der Waals surface area contributed by atoms with Crippen molar-refractivity contribution in [3.8, 4) is 0 Å². The molecule has 0 saturated heterocycles. The summed E-state index contributed by atoms with van der Waals surface area (Å²) in [6.07, 6.45) is -2.02. The Hall–Kier alpha value is -2.42. The quantitative estimate of drug-likeness (QED) is 0.756. The van der Waals surface area contributed by atoms with E-state index in [1.165, 1.54) is 18.3 Å². The summed E-state index contributed by atoms with van der Waals surface area (Å²) in [4.78, 5) is 6.30. The monoisotopic (exact) mass is 340 g/mol. The van der Waals surface area contributed by atoms with Gasteiger partial charge in [0, 0.05) is 12.2 Å². The van der Waals surface area contributed by atoms with Gasteiger partial charge in [-0.2, -0.15) is 23.3 Å². The molecule has 9 heteroatoms. The highest BCUT2D eigenvalue weighted by molar-refractivity contribution is 5.56. The van der Waals surface area contributed by atoms with E-state index in [9.17, 15) is 13.2 Å². The molecule has 0 aliphatic carbocycles. The van der Waals surface area contributed by atoms with E-state index < -0.39 is 11.7 Å². The highest BCUT2D eigenvalue weighted by Crippen LogP contribution is 2.30. The Kier molecular flexibility index (Phi) is 5.91. The van der Waals surface area contributed by atoms with Gasteiger partial charge in [-0.25, -0.2) is 0 Å². The Balaban J connectivity index is 1.94. The molecule has 0 saturated carbocycles. The number of halogens is 3. The molecule has 2 rings (SSSR count). The summed E-state index contributed by atoms with van der Waals surface area (Å²) in [5, 5.41) is 13.7. The summed E-state index contributed by atoms with van der Waals surface area (Å²) in [5.74, 6) is 0.769. The van der Waals surface area contributed by atoms with Gasteiger partial charge < -0.3 is 15.5 Å². The maximum Gasteiger partial charge on any atom is 0.416 e. The number of aromatic nitrogens is 3. The van der Waals surface area contributed by atoms with E-state index in [2.05, 4.69) is 30.7 Å². The average molecular weight is 340 g/mol. The van der Waals surface area contributed by atoms with E-state index in [-0.39, 0.29) is 0 Å². The second kappa shape index (κ2) is 7.91. The number of nitrogens with one attached hydrogen (secondary N) is 2. The lowest BCUT2D eigenvalue weighted by molar-refractivity contribution is -0.137. The summed E-state index contributed by atoms with van der Waals surface area (Å²) in [5.41, 5.74) is -0.209. The lowest BCUT2D eigenvalue weighted by atomic mass is 10.2. The van der Waals surface area contributed by atoms with Crippen molar-refractivity contribution in [2.24, 2.45) is 0 Å². The van der Waals surface area contributed by atoms with Gasteiger partial charge in [-0.05, 0) is 51.3 Å². The fraction of sp³-hybridized carbons (Fsp3) is 0.400. The third kappa shape index (κ3) is 5.65. The number of alkyl halides is 3. The van der Waals surface area contributed by atoms with Gasteiger partial charge >= 0.3 is 6.18 Å². The molecule has 0 radical (unpaired) electrons. The van der Waals surface area contributed by atoms with Crippen molar-refractivity contribution in [2.75, 3.05) is 37.8 Å². The van der Waals surface area contributed by atoms with Gasteiger partial charge in [-0.3, -0.25) is 0 Å². The van der Waals surface area contributed by atoms with Crippen molar-refractivity contribution in [1.29, 1.82) is 0 Å². The molecule has 6 nitrogen and oxygen atoms in total. The molecule has 1 aromatic heterocycles. The van der Waals surface area contributed by atoms with Gasteiger partial charge in [0.25, 0.3) is 0 Å². The third-order valence-electron chi connectivity index (χ3n) is 3.11. The summed E-state index contributed by atoms with van der Waals surface area (Å²) in [6.45, 7) is 1.63. The van der Waals surface area contributed by atoms with Gasteiger partial charge in [0.1, 0.15) is 0 Å². The van der Waals surface area contributed by atoms with Crippen molar-refractivity contribution in [1.82, 2.24) is 20.1 Å². The van der Waals surface area contributed by atoms with E-state index in [0.717, 1.165) is 25.1 Å². The van der Waals surface area contributed by atoms with E-state index >= 15 is 0 Å². The van der Waals surface area contributed by atoms with Gasteiger partial charge in [-0.1, -0.05) is 0 Å². The second-order valence-corrected chi connectivity index (χ2v) is 5.45. The first-order valence-electron chi connectivity index (χ1n) is 7.37. The summed E-state index contributed by atoms with van der Waals surface area (Å²) in [7, 11) is 3.99. The largest absolute Gasteiger partial charge is 0.416 e. The molecule has 0 spiro atoms. The Morgan fingerprint density at radius 3 is 2.46 bits per heavy atom. The van der Waals surface area contributed by atoms with Crippen LogP contribution in [0.15, 0.2) is 30.5 Å². The van der Waals surface area contributed by atoms with Gasteiger partial charge in [0.2, 0.25) is 5.95 Å². The molecule has 0 bridgehead atoms. The summed E-state index contributed by atoms with van der Waals surface area (Å²) < 4.78 is 37.6. The van der Waals surface area contributed by atoms with Crippen LogP contribution in [0.3, 0.4) is 0 Å². The number of anilines is 3. The first kappa shape index (κ1) is 17.9. The highest BCUT2D eigenvalue weighted by atomic mass is 19.4. The van der Waals surface area contributed by atoms with E-state index in [0.29, 0.717) is 24.0 Å². The lowest BCUT2D eigenvalue weighted by Crippen LogP contribution is -2.17. The van der Waals surface area contributed by atoms with Crippen molar-refractivity contribution in [2.45, 2.75) is 12.6 Å². The Morgan fingerprint density at radius 2 is 1.83 bits per heavy atom. The lowest BCUT2D eigenvalue weighted by Gasteiger charge is -2.11. The first-order chi connectivity index (χ1) is 11.3. The van der Waals surface area contributed by atoms with Crippen LogP contribution >= 0.6 is 0 Å². The predicted octanol–water partition coefficient (Wildman–Crippen LogP) is 3.00. The van der Waals surface area contributed by atoms with E-state index in [1.807, 2.05) is 14.1 Å². The molecule has 1 heterocycles. The van der Waals surface area contributed by atoms with Crippen LogP contribution in [0.2, 0.25) is 0 Å². The molecular formula is C15H19F3N6. The standard InChI is InChI=1S/C15H19F3N6/c1-24(2)9-3-8-19-14-22-13(10-20-23-14)21-12-6-4-11(5-7-12)15(16,17)18/h4-7,10H,3,8-9H2,1-2H3,(H2,19,21,22,23). The maximum atomic E-state index is 12.5. The van der Waals surface area contributed by atoms with Crippen molar-refractivity contribution in [3.63, 3.8) is 0 Å². The zero-order chi connectivity index (χ0) is 17.6. The van der Waals surface area contributed by atoms with Crippen LogP contribution in [0.25, 0.3) is 0 Å². The summed E-state index contributed by atoms with van der Waals surface area (Å²) in [6, 6.07) is 4.71. The fourth-order valence-corrected chi connectivity index (χ4v) is 1.92. The van der Waals surface area contributed by atoms with Crippen LogP contribution in [0.5, 0.6) is 0 Å². The molecular weight excluding hydrogens is 321 g/mol. The number of rotatable bonds is 7. The van der Waals surface area contributed by atoms with Crippen molar-refractivity contribution >= 4 is 17.5 Å². The number of hydrogen-bond acceptors (Lipinski definition) is 6. The minimum Gasteiger partial charge on any atom is -0.353 e. The van der Waals surface area contributed by atoms with Crippen LogP contribution in [-0.2, 0) is 6.18 Å². The Morgan fingerprint density at radius 1 is 1.12 bits per heavy atom. The normalized spacial score (nSPS) is 11.6. The first-order valence-corrected chi connectivity index (χ1v) is 7.37. The zero-order valence-corrected chi connectivity index (χ0v) is 13.4. The molecule has 0 unspecified atom stereocenters. The molecule has 0 aliphatic rings. The van der Waals surface area contributed by atoms with Crippen LogP contribution in [0.1, 0.15) is 12.0 Å². The van der Waals surface area contributed by atoms with Crippen molar-refractivity contribution in [3.05, 3.63) is 36.0 Å². The third-order valence-corrected chi connectivity index (χ3v) is 3.11. The molecule has 2 aromatic rings. The topological polar surface area (TPSA) is 66.0 Å². The highest BCUT2D eigenvalue weighted by Gasteiger charge is 2.29. The van der Waals surface area contributed by atoms with Crippen LogP contribution in [0, 0.1) is 0 Å². The molecule has 0 aliphatic heterocycles. The Bertz CT molecular complexity index is 642. The van der Waals surface area contributed by atoms with Crippen LogP contribution in [-0.4, -0.2) is 47.3 Å². The average Bonchev–Trinajstić information content (AvgIpc) is 2.51. The second-order valence-electron chi connectivity index (χ2n) is 5.45. The minimum absolute atomic E-state index is 0.366. The Labute approximate surface area is 138 Å². The molecule has 130 valence electrons. The predicted molar refractivity (Wildman–Crippen MR) is 86.2 cm³/mol. The van der Waals surface area contributed by atoms with E-state index in [1.54, 1.807) is 0 Å². The number of hydrogen-bond donors (Lipinski definition) is 2. The molecule has 1 aromatic carbocycles. The maximum absolute atomic E-state index is 12.5. The van der Waals surface area contributed by atoms with E-state index in [4.69, 9.17) is 0 Å². The van der Waals surface area contributed by atoms with Gasteiger partial charge in [0.05, 0.1) is 11.8 Å². The molecule has 24 heavy (non-hydrogen) atoms. The smallest absolute Gasteiger partial charge is 0.353 e. The summed E-state index contributed by atoms with van der Waals surface area (Å²) >= 11 is 0.